The van der Waals surface area contributed by atoms with Gasteiger partial charge in [-0.15, -0.1) is 0 Å². The van der Waals surface area contributed by atoms with Gasteiger partial charge in [-0.2, -0.15) is 5.10 Å². The topological polar surface area (TPSA) is 35.8 Å². The SMILES string of the molecule is CCc1ccc(C=NN(c2ccccc2)c2ccccc2)cc1-c1cc(O)ccc1C. The molecule has 4 rings (SSSR count). The lowest BCUT2D eigenvalue weighted by Crippen LogP contribution is -2.09. The van der Waals surface area contributed by atoms with Crippen LogP contribution in [0.3, 0.4) is 0 Å². The Morgan fingerprint density at radius 3 is 2.03 bits per heavy atom. The van der Waals surface area contributed by atoms with Gasteiger partial charge in [-0.3, -0.25) is 0 Å². The first-order valence-corrected chi connectivity index (χ1v) is 10.5. The Bertz CT molecular complexity index is 1140. The Balaban J connectivity index is 1.75. The minimum atomic E-state index is 0.279. The molecule has 154 valence electrons. The molecule has 0 saturated heterocycles. The lowest BCUT2D eigenvalue weighted by atomic mass is 9.93. The van der Waals surface area contributed by atoms with Gasteiger partial charge in [0.1, 0.15) is 5.75 Å². The lowest BCUT2D eigenvalue weighted by molar-refractivity contribution is 0.475. The van der Waals surface area contributed by atoms with Crippen molar-refractivity contribution in [1.82, 2.24) is 0 Å². The summed E-state index contributed by atoms with van der Waals surface area (Å²) in [4.78, 5) is 0. The van der Waals surface area contributed by atoms with Gasteiger partial charge in [0.2, 0.25) is 0 Å². The normalized spacial score (nSPS) is 11.0. The molecule has 3 heteroatoms. The second kappa shape index (κ2) is 9.31. The summed E-state index contributed by atoms with van der Waals surface area (Å²) >= 11 is 0. The molecule has 31 heavy (non-hydrogen) atoms. The van der Waals surface area contributed by atoms with E-state index in [2.05, 4.69) is 32.0 Å². The van der Waals surface area contributed by atoms with Crippen molar-refractivity contribution in [2.24, 2.45) is 5.10 Å². The summed E-state index contributed by atoms with van der Waals surface area (Å²) in [7, 11) is 0. The van der Waals surface area contributed by atoms with Crippen LogP contribution in [0.5, 0.6) is 5.75 Å². The molecular weight excluding hydrogens is 380 g/mol. The average molecular weight is 407 g/mol. The second-order valence-electron chi connectivity index (χ2n) is 7.50. The summed E-state index contributed by atoms with van der Waals surface area (Å²) in [5.41, 5.74) is 7.57. The predicted octanol–water partition coefficient (Wildman–Crippen LogP) is 7.10. The molecule has 0 radical (unpaired) electrons. The summed E-state index contributed by atoms with van der Waals surface area (Å²) in [5, 5.41) is 16.8. The van der Waals surface area contributed by atoms with Gasteiger partial charge in [-0.05, 0) is 83.6 Å². The molecule has 1 N–H and O–H groups in total. The van der Waals surface area contributed by atoms with Crippen LogP contribution < -0.4 is 5.01 Å². The molecule has 0 bridgehead atoms. The Morgan fingerprint density at radius 2 is 1.42 bits per heavy atom. The van der Waals surface area contributed by atoms with Gasteiger partial charge in [-0.25, -0.2) is 5.01 Å². The zero-order valence-electron chi connectivity index (χ0n) is 17.9. The van der Waals surface area contributed by atoms with E-state index in [-0.39, 0.29) is 5.75 Å². The van der Waals surface area contributed by atoms with Gasteiger partial charge in [0.15, 0.2) is 0 Å². The van der Waals surface area contributed by atoms with Crippen LogP contribution in [0.1, 0.15) is 23.6 Å². The van der Waals surface area contributed by atoms with E-state index >= 15 is 0 Å². The summed E-state index contributed by atoms with van der Waals surface area (Å²) < 4.78 is 0. The molecule has 0 fully saturated rings. The first kappa shape index (κ1) is 20.4. The van der Waals surface area contributed by atoms with Crippen molar-refractivity contribution in [3.05, 3.63) is 114 Å². The van der Waals surface area contributed by atoms with Crippen molar-refractivity contribution < 1.29 is 5.11 Å². The molecule has 0 spiro atoms. The number of hydrogen-bond donors (Lipinski definition) is 1. The van der Waals surface area contributed by atoms with Crippen molar-refractivity contribution in [3.63, 3.8) is 0 Å². The van der Waals surface area contributed by atoms with Crippen LogP contribution >= 0.6 is 0 Å². The molecule has 0 unspecified atom stereocenters. The fourth-order valence-electron chi connectivity index (χ4n) is 3.68. The molecule has 4 aromatic carbocycles. The van der Waals surface area contributed by atoms with Crippen LogP contribution in [0.25, 0.3) is 11.1 Å². The first-order valence-electron chi connectivity index (χ1n) is 10.5. The highest BCUT2D eigenvalue weighted by atomic mass is 16.3. The lowest BCUT2D eigenvalue weighted by Gasteiger charge is -2.19. The number of anilines is 2. The van der Waals surface area contributed by atoms with E-state index in [0.717, 1.165) is 40.0 Å². The van der Waals surface area contributed by atoms with Crippen molar-refractivity contribution in [2.45, 2.75) is 20.3 Å². The average Bonchev–Trinajstić information content (AvgIpc) is 2.82. The van der Waals surface area contributed by atoms with Crippen LogP contribution in [0.15, 0.2) is 102 Å². The third-order valence-corrected chi connectivity index (χ3v) is 5.35. The van der Waals surface area contributed by atoms with Crippen LogP contribution in [0.2, 0.25) is 0 Å². The number of aryl methyl sites for hydroxylation is 2. The number of nitrogens with zero attached hydrogens (tertiary/aromatic N) is 2. The Hall–Kier alpha value is -3.85. The Morgan fingerprint density at radius 1 is 0.774 bits per heavy atom. The van der Waals surface area contributed by atoms with E-state index < -0.39 is 0 Å². The van der Waals surface area contributed by atoms with Crippen molar-refractivity contribution >= 4 is 17.6 Å². The van der Waals surface area contributed by atoms with Gasteiger partial charge in [0.25, 0.3) is 0 Å². The van der Waals surface area contributed by atoms with Crippen molar-refractivity contribution in [3.8, 4) is 16.9 Å². The molecule has 0 aliphatic carbocycles. The second-order valence-corrected chi connectivity index (χ2v) is 7.50. The smallest absolute Gasteiger partial charge is 0.116 e. The fraction of sp³-hybridized carbons (Fsp3) is 0.107. The summed E-state index contributed by atoms with van der Waals surface area (Å²) in [6, 6.07) is 32.2. The maximum atomic E-state index is 10.0. The van der Waals surface area contributed by atoms with Gasteiger partial charge in [0.05, 0.1) is 17.6 Å². The number of hydrogen-bond acceptors (Lipinski definition) is 3. The largest absolute Gasteiger partial charge is 0.508 e. The summed E-state index contributed by atoms with van der Waals surface area (Å²) in [6.07, 6.45) is 2.81. The van der Waals surface area contributed by atoms with E-state index in [0.29, 0.717) is 0 Å². The Labute approximate surface area is 183 Å². The van der Waals surface area contributed by atoms with E-state index in [4.69, 9.17) is 5.10 Å². The maximum absolute atomic E-state index is 10.0. The van der Waals surface area contributed by atoms with Gasteiger partial charge >= 0.3 is 0 Å². The number of benzene rings is 4. The van der Waals surface area contributed by atoms with Crippen molar-refractivity contribution in [1.29, 1.82) is 0 Å². The van der Waals surface area contributed by atoms with Gasteiger partial charge in [0, 0.05) is 0 Å². The molecule has 0 atom stereocenters. The van der Waals surface area contributed by atoms with E-state index in [1.807, 2.05) is 84.0 Å². The monoisotopic (exact) mass is 406 g/mol. The number of phenols is 1. The van der Waals surface area contributed by atoms with Crippen LogP contribution in [0.4, 0.5) is 11.4 Å². The summed E-state index contributed by atoms with van der Waals surface area (Å²) in [6.45, 7) is 4.22. The van der Waals surface area contributed by atoms with E-state index in [9.17, 15) is 5.11 Å². The summed E-state index contributed by atoms with van der Waals surface area (Å²) in [5.74, 6) is 0.279. The molecule has 0 heterocycles. The van der Waals surface area contributed by atoms with E-state index in [1.54, 1.807) is 6.07 Å². The number of rotatable bonds is 6. The number of phenolic OH excluding ortho intramolecular Hbond substituents is 1. The van der Waals surface area contributed by atoms with Gasteiger partial charge in [-0.1, -0.05) is 61.5 Å². The number of para-hydroxylation sites is 2. The number of aromatic hydroxyl groups is 1. The van der Waals surface area contributed by atoms with Crippen LogP contribution in [0, 0.1) is 6.92 Å². The molecular formula is C28H26N2O. The minimum Gasteiger partial charge on any atom is -0.508 e. The molecule has 3 nitrogen and oxygen atoms in total. The van der Waals surface area contributed by atoms with Crippen LogP contribution in [-0.4, -0.2) is 11.3 Å². The standard InChI is InChI=1S/C28H26N2O/c1-3-23-16-15-22(18-28(23)27-19-26(31)17-14-21(27)2)20-29-30(24-10-6-4-7-11-24)25-12-8-5-9-13-25/h4-20,31H,3H2,1-2H3. The molecule has 0 aliphatic heterocycles. The maximum Gasteiger partial charge on any atom is 0.116 e. The zero-order valence-corrected chi connectivity index (χ0v) is 17.9. The minimum absolute atomic E-state index is 0.279. The molecule has 4 aromatic rings. The third-order valence-electron chi connectivity index (χ3n) is 5.35. The molecule has 0 aromatic heterocycles. The molecule has 0 saturated carbocycles. The Kier molecular flexibility index (Phi) is 6.13. The predicted molar refractivity (Wildman–Crippen MR) is 130 cm³/mol. The number of hydrazone groups is 1. The van der Waals surface area contributed by atoms with Crippen LogP contribution in [-0.2, 0) is 6.42 Å². The highest BCUT2D eigenvalue weighted by molar-refractivity contribution is 5.85. The van der Waals surface area contributed by atoms with Gasteiger partial charge < -0.3 is 5.11 Å². The highest BCUT2D eigenvalue weighted by Gasteiger charge is 2.10. The first-order chi connectivity index (χ1) is 15.2. The highest BCUT2D eigenvalue weighted by Crippen LogP contribution is 2.31. The fourth-order valence-corrected chi connectivity index (χ4v) is 3.68. The molecule has 0 amide bonds. The molecule has 0 aliphatic rings. The van der Waals surface area contributed by atoms with Crippen molar-refractivity contribution in [2.75, 3.05) is 5.01 Å². The zero-order chi connectivity index (χ0) is 21.6. The quantitative estimate of drug-likeness (QED) is 0.274. The third kappa shape index (κ3) is 4.67. The van der Waals surface area contributed by atoms with E-state index in [1.165, 1.54) is 5.56 Å².